The molecule has 0 amide bonds. The average molecular weight is 369 g/mol. The summed E-state index contributed by atoms with van der Waals surface area (Å²) in [5, 5.41) is 1.29. The molecule has 3 rings (SSSR count). The van der Waals surface area contributed by atoms with Gasteiger partial charge in [-0.05, 0) is 24.3 Å². The van der Waals surface area contributed by atoms with Crippen molar-refractivity contribution in [3.05, 3.63) is 82.4 Å². The van der Waals surface area contributed by atoms with Crippen LogP contribution in [0.2, 0.25) is 0 Å². The number of hydrogen-bond donors (Lipinski definition) is 0. The standard InChI is InChI=1S/C21H17F2NO3/c1-14(25)27-24-12-17(10-15-6-2-4-8-19(15)22)21(26)18(13-24)11-16-7-3-5-9-20(16)23/h2-11H,12-13H2,1H3/b17-10+,18-11+. The Kier molecular flexibility index (Phi) is 5.57. The van der Waals surface area contributed by atoms with E-state index < -0.39 is 17.6 Å². The molecule has 2 aromatic rings. The smallest absolute Gasteiger partial charge is 0.322 e. The van der Waals surface area contributed by atoms with Gasteiger partial charge in [0.05, 0.1) is 13.1 Å². The van der Waals surface area contributed by atoms with Crippen LogP contribution in [0.3, 0.4) is 0 Å². The number of hydroxylamine groups is 2. The second-order valence-corrected chi connectivity index (χ2v) is 6.09. The monoisotopic (exact) mass is 369 g/mol. The van der Waals surface area contributed by atoms with Crippen LogP contribution in [0, 0.1) is 11.6 Å². The van der Waals surface area contributed by atoms with Gasteiger partial charge in [0, 0.05) is 29.2 Å². The minimum atomic E-state index is -0.542. The molecular weight excluding hydrogens is 352 g/mol. The molecule has 6 heteroatoms. The van der Waals surface area contributed by atoms with Crippen LogP contribution < -0.4 is 0 Å². The molecule has 1 saturated heterocycles. The van der Waals surface area contributed by atoms with Crippen LogP contribution in [0.5, 0.6) is 0 Å². The Labute approximate surface area is 155 Å². The molecule has 2 aromatic carbocycles. The van der Waals surface area contributed by atoms with Gasteiger partial charge in [0.1, 0.15) is 11.6 Å². The minimum Gasteiger partial charge on any atom is -0.368 e. The predicted molar refractivity (Wildman–Crippen MR) is 97.1 cm³/mol. The van der Waals surface area contributed by atoms with Crippen molar-refractivity contribution in [2.45, 2.75) is 6.92 Å². The third-order valence-electron chi connectivity index (χ3n) is 4.00. The minimum absolute atomic E-state index is 0.0152. The van der Waals surface area contributed by atoms with Crippen molar-refractivity contribution >= 4 is 23.9 Å². The molecule has 4 nitrogen and oxygen atoms in total. The number of Topliss-reactive ketones (excluding diaryl/α,β-unsaturated/α-hetero) is 1. The summed E-state index contributed by atoms with van der Waals surface area (Å²) in [6.07, 6.45) is 2.84. The molecule has 1 aliphatic heterocycles. The van der Waals surface area contributed by atoms with Gasteiger partial charge in [-0.2, -0.15) is 0 Å². The molecule has 1 aliphatic rings. The van der Waals surface area contributed by atoms with Crippen molar-refractivity contribution in [1.29, 1.82) is 0 Å². The van der Waals surface area contributed by atoms with Crippen molar-refractivity contribution in [2.24, 2.45) is 0 Å². The van der Waals surface area contributed by atoms with E-state index in [0.29, 0.717) is 0 Å². The van der Waals surface area contributed by atoms with E-state index in [9.17, 15) is 18.4 Å². The highest BCUT2D eigenvalue weighted by molar-refractivity contribution is 6.14. The molecule has 0 atom stereocenters. The maximum absolute atomic E-state index is 14.0. The zero-order chi connectivity index (χ0) is 19.4. The first-order chi connectivity index (χ1) is 12.9. The number of halogens is 2. The summed E-state index contributed by atoms with van der Waals surface area (Å²) in [4.78, 5) is 29.3. The Morgan fingerprint density at radius 2 is 1.37 bits per heavy atom. The van der Waals surface area contributed by atoms with Gasteiger partial charge in [-0.3, -0.25) is 9.59 Å². The number of nitrogens with zero attached hydrogens (tertiary/aromatic N) is 1. The number of hydrogen-bond acceptors (Lipinski definition) is 4. The molecule has 0 N–H and O–H groups in total. The molecule has 0 aromatic heterocycles. The van der Waals surface area contributed by atoms with Crippen LogP contribution in [-0.4, -0.2) is 29.9 Å². The first kappa shape index (κ1) is 18.7. The molecule has 138 valence electrons. The highest BCUT2D eigenvalue weighted by Crippen LogP contribution is 2.24. The molecule has 0 radical (unpaired) electrons. The van der Waals surface area contributed by atoms with Gasteiger partial charge in [-0.15, -0.1) is 5.06 Å². The summed E-state index contributed by atoms with van der Waals surface area (Å²) < 4.78 is 27.9. The quantitative estimate of drug-likeness (QED) is 0.773. The predicted octanol–water partition coefficient (Wildman–Crippen LogP) is 3.79. The lowest BCUT2D eigenvalue weighted by Gasteiger charge is -2.27. The van der Waals surface area contributed by atoms with Crippen molar-refractivity contribution in [1.82, 2.24) is 5.06 Å². The summed E-state index contributed by atoms with van der Waals surface area (Å²) >= 11 is 0. The largest absolute Gasteiger partial charge is 0.368 e. The molecule has 0 saturated carbocycles. The fraction of sp³-hybridized carbons (Fsp3) is 0.143. The Balaban J connectivity index is 2.01. The fourth-order valence-corrected chi connectivity index (χ4v) is 2.81. The summed E-state index contributed by atoms with van der Waals surface area (Å²) in [5.41, 5.74) is 0.983. The van der Waals surface area contributed by atoms with E-state index in [1.54, 1.807) is 36.4 Å². The Morgan fingerprint density at radius 3 is 1.78 bits per heavy atom. The Morgan fingerprint density at radius 1 is 0.926 bits per heavy atom. The van der Waals surface area contributed by atoms with E-state index in [0.717, 1.165) is 0 Å². The number of rotatable bonds is 3. The maximum Gasteiger partial charge on any atom is 0.322 e. The summed E-state index contributed by atoms with van der Waals surface area (Å²) in [7, 11) is 0. The van der Waals surface area contributed by atoms with Crippen molar-refractivity contribution < 1.29 is 23.2 Å². The Bertz CT molecular complexity index is 882. The second kappa shape index (κ2) is 8.05. The Hall–Kier alpha value is -3.12. The van der Waals surface area contributed by atoms with E-state index in [4.69, 9.17) is 4.84 Å². The lowest BCUT2D eigenvalue weighted by molar-refractivity contribution is -0.185. The zero-order valence-corrected chi connectivity index (χ0v) is 14.6. The van der Waals surface area contributed by atoms with Gasteiger partial charge in [0.15, 0.2) is 5.78 Å². The molecule has 0 spiro atoms. The van der Waals surface area contributed by atoms with Gasteiger partial charge in [0.2, 0.25) is 0 Å². The number of carbonyl (C=O) groups excluding carboxylic acids is 2. The van der Waals surface area contributed by atoms with Gasteiger partial charge < -0.3 is 4.84 Å². The lowest BCUT2D eigenvalue weighted by Crippen LogP contribution is -2.38. The van der Waals surface area contributed by atoms with E-state index >= 15 is 0 Å². The molecular formula is C21H17F2NO3. The topological polar surface area (TPSA) is 46.6 Å². The first-order valence-electron chi connectivity index (χ1n) is 8.32. The van der Waals surface area contributed by atoms with Crippen LogP contribution in [0.4, 0.5) is 8.78 Å². The third kappa shape index (κ3) is 4.54. The zero-order valence-electron chi connectivity index (χ0n) is 14.6. The van der Waals surface area contributed by atoms with Gasteiger partial charge in [0.25, 0.3) is 0 Å². The van der Waals surface area contributed by atoms with Crippen LogP contribution in [-0.2, 0) is 14.4 Å². The number of piperidine rings is 1. The fourth-order valence-electron chi connectivity index (χ4n) is 2.81. The summed E-state index contributed by atoms with van der Waals surface area (Å²) in [5.74, 6) is -1.83. The molecule has 0 unspecified atom stereocenters. The second-order valence-electron chi connectivity index (χ2n) is 6.09. The SMILES string of the molecule is CC(=O)ON1C/C(=C\c2ccccc2F)C(=O)/C(=C/c2ccccc2F)C1. The van der Waals surface area contributed by atoms with Gasteiger partial charge in [-0.1, -0.05) is 36.4 Å². The van der Waals surface area contributed by atoms with Gasteiger partial charge in [-0.25, -0.2) is 8.78 Å². The number of carbonyl (C=O) groups is 2. The first-order valence-corrected chi connectivity index (χ1v) is 8.32. The van der Waals surface area contributed by atoms with Crippen LogP contribution in [0.25, 0.3) is 12.2 Å². The van der Waals surface area contributed by atoms with E-state index in [-0.39, 0.29) is 41.1 Å². The molecule has 0 bridgehead atoms. The maximum atomic E-state index is 14.0. The molecule has 1 heterocycles. The normalized spacial score (nSPS) is 18.1. The highest BCUT2D eigenvalue weighted by Gasteiger charge is 2.28. The van der Waals surface area contributed by atoms with Gasteiger partial charge >= 0.3 is 5.97 Å². The van der Waals surface area contributed by atoms with Crippen molar-refractivity contribution in [3.8, 4) is 0 Å². The van der Waals surface area contributed by atoms with E-state index in [1.807, 2.05) is 0 Å². The lowest BCUT2D eigenvalue weighted by atomic mass is 9.95. The van der Waals surface area contributed by atoms with Crippen LogP contribution in [0.15, 0.2) is 59.7 Å². The van der Waals surface area contributed by atoms with Crippen molar-refractivity contribution in [2.75, 3.05) is 13.1 Å². The third-order valence-corrected chi connectivity index (χ3v) is 4.00. The number of benzene rings is 2. The summed E-state index contributed by atoms with van der Waals surface area (Å²) in [6, 6.07) is 12.1. The van der Waals surface area contributed by atoms with E-state index in [2.05, 4.69) is 0 Å². The molecule has 1 fully saturated rings. The molecule has 0 aliphatic carbocycles. The van der Waals surface area contributed by atoms with Crippen molar-refractivity contribution in [3.63, 3.8) is 0 Å². The van der Waals surface area contributed by atoms with Crippen LogP contribution >= 0.6 is 0 Å². The van der Waals surface area contributed by atoms with Crippen LogP contribution in [0.1, 0.15) is 18.1 Å². The molecule has 27 heavy (non-hydrogen) atoms. The highest BCUT2D eigenvalue weighted by atomic mass is 19.1. The summed E-state index contributed by atoms with van der Waals surface area (Å²) in [6.45, 7) is 1.28. The van der Waals surface area contributed by atoms with E-state index in [1.165, 1.54) is 36.3 Å². The number of ketones is 1. The average Bonchev–Trinajstić information content (AvgIpc) is 2.62.